The number of hydrogen-bond acceptors (Lipinski definition) is 6. The van der Waals surface area contributed by atoms with Crippen LogP contribution in [0.25, 0.3) is 16.8 Å². The third-order valence-corrected chi connectivity index (χ3v) is 6.18. The molecule has 1 N–H and O–H groups in total. The van der Waals surface area contributed by atoms with Gasteiger partial charge in [0.15, 0.2) is 23.1 Å². The second kappa shape index (κ2) is 12.4. The van der Waals surface area contributed by atoms with Crippen molar-refractivity contribution in [1.29, 1.82) is 5.26 Å². The standard InChI is InChI=1S/C25H23F9N6O3/c1-4-40(22(41)38-19(24(29,30)31)5-6-23(26,27)28)20(25(32,33)34)16-8-15(18(43-3)10-36-16)13-7-17(42-2)21-37-14(9-35)12-39(21)11-13/h7-8,10-12,19-20H,4-6H2,1-3H3,(H,38,41). The van der Waals surface area contributed by atoms with Crippen LogP contribution in [0.4, 0.5) is 44.3 Å². The predicted octanol–water partition coefficient (Wildman–Crippen LogP) is 6.19. The van der Waals surface area contributed by atoms with E-state index in [0.717, 1.165) is 19.2 Å². The molecule has 3 rings (SSSR count). The molecule has 43 heavy (non-hydrogen) atoms. The average Bonchev–Trinajstić information content (AvgIpc) is 3.34. The number of fused-ring (bicyclic) bond motifs is 1. The van der Waals surface area contributed by atoms with Gasteiger partial charge in [-0.25, -0.2) is 9.78 Å². The molecule has 3 aromatic rings. The van der Waals surface area contributed by atoms with E-state index in [4.69, 9.17) is 9.47 Å². The van der Waals surface area contributed by atoms with Crippen molar-refractivity contribution < 1.29 is 53.8 Å². The third kappa shape index (κ3) is 7.70. The molecule has 0 radical (unpaired) electrons. The number of imidazole rings is 1. The summed E-state index contributed by atoms with van der Waals surface area (Å²) in [6.07, 6.45) is -15.6. The van der Waals surface area contributed by atoms with Crippen molar-refractivity contribution >= 4 is 11.7 Å². The first-order chi connectivity index (χ1) is 19.9. The number of nitrogens with zero attached hydrogens (tertiary/aromatic N) is 5. The van der Waals surface area contributed by atoms with Gasteiger partial charge in [-0.1, -0.05) is 0 Å². The molecule has 2 amide bonds. The lowest BCUT2D eigenvalue weighted by atomic mass is 10.0. The van der Waals surface area contributed by atoms with Gasteiger partial charge in [-0.3, -0.25) is 4.98 Å². The van der Waals surface area contributed by atoms with E-state index in [-0.39, 0.29) is 38.9 Å². The Hall–Kier alpha value is -4.43. The molecule has 0 aliphatic rings. The van der Waals surface area contributed by atoms with Crippen molar-refractivity contribution in [1.82, 2.24) is 24.6 Å². The number of aromatic nitrogens is 3. The second-order valence-electron chi connectivity index (χ2n) is 9.00. The van der Waals surface area contributed by atoms with Crippen molar-refractivity contribution in [3.8, 4) is 28.7 Å². The van der Waals surface area contributed by atoms with Gasteiger partial charge in [0.25, 0.3) is 0 Å². The number of urea groups is 1. The minimum Gasteiger partial charge on any atom is -0.494 e. The maximum Gasteiger partial charge on any atom is 0.414 e. The summed E-state index contributed by atoms with van der Waals surface area (Å²) in [7, 11) is 2.49. The summed E-state index contributed by atoms with van der Waals surface area (Å²) in [6, 6.07) is -3.76. The predicted molar refractivity (Wildman–Crippen MR) is 131 cm³/mol. The number of nitriles is 1. The van der Waals surface area contributed by atoms with Crippen molar-refractivity contribution in [2.75, 3.05) is 20.8 Å². The molecule has 0 fully saturated rings. The fourth-order valence-corrected chi connectivity index (χ4v) is 4.22. The maximum absolute atomic E-state index is 14.4. The highest BCUT2D eigenvalue weighted by Gasteiger charge is 2.49. The van der Waals surface area contributed by atoms with Crippen LogP contribution >= 0.6 is 0 Å². The number of carbonyl (C=O) groups is 1. The summed E-state index contributed by atoms with van der Waals surface area (Å²) >= 11 is 0. The Kier molecular flexibility index (Phi) is 9.56. The van der Waals surface area contributed by atoms with E-state index in [1.54, 1.807) is 0 Å². The number of carbonyl (C=O) groups excluding carboxylic acids is 1. The van der Waals surface area contributed by atoms with E-state index >= 15 is 0 Å². The Balaban J connectivity index is 2.10. The molecule has 0 bridgehead atoms. The summed E-state index contributed by atoms with van der Waals surface area (Å²) < 4.78 is 133. The van der Waals surface area contributed by atoms with E-state index in [0.29, 0.717) is 0 Å². The normalized spacial score (nSPS) is 13.7. The van der Waals surface area contributed by atoms with Crippen LogP contribution in [0.1, 0.15) is 37.2 Å². The van der Waals surface area contributed by atoms with Crippen LogP contribution in [0.15, 0.2) is 30.7 Å². The first kappa shape index (κ1) is 33.1. The molecular formula is C25H23F9N6O3. The van der Waals surface area contributed by atoms with E-state index in [1.165, 1.54) is 42.4 Å². The van der Waals surface area contributed by atoms with Gasteiger partial charge in [0.05, 0.1) is 26.1 Å². The quantitative estimate of drug-likeness (QED) is 0.284. The number of methoxy groups -OCH3 is 2. The topological polar surface area (TPSA) is 105 Å². The van der Waals surface area contributed by atoms with Gasteiger partial charge in [-0.2, -0.15) is 44.8 Å². The van der Waals surface area contributed by atoms with E-state index < -0.39 is 61.7 Å². The smallest absolute Gasteiger partial charge is 0.414 e. The number of nitrogens with one attached hydrogen (secondary N) is 1. The van der Waals surface area contributed by atoms with Gasteiger partial charge in [0.1, 0.15) is 17.9 Å². The summed E-state index contributed by atoms with van der Waals surface area (Å²) in [6.45, 7) is 0.250. The molecule has 18 heteroatoms. The minimum absolute atomic E-state index is 0.00645. The zero-order valence-electron chi connectivity index (χ0n) is 22.5. The van der Waals surface area contributed by atoms with Gasteiger partial charge in [0.2, 0.25) is 0 Å². The molecule has 234 valence electrons. The van der Waals surface area contributed by atoms with E-state index in [1.807, 2.05) is 6.07 Å². The summed E-state index contributed by atoms with van der Waals surface area (Å²) in [5.74, 6) is 0.0851. The van der Waals surface area contributed by atoms with Gasteiger partial charge in [-0.15, -0.1) is 0 Å². The molecule has 2 atom stereocenters. The Bertz CT molecular complexity index is 1500. The number of rotatable bonds is 9. The average molecular weight is 626 g/mol. The first-order valence-corrected chi connectivity index (χ1v) is 12.2. The number of pyridine rings is 2. The molecule has 2 unspecified atom stereocenters. The summed E-state index contributed by atoms with van der Waals surface area (Å²) in [4.78, 5) is 20.6. The zero-order valence-corrected chi connectivity index (χ0v) is 22.5. The molecular weight excluding hydrogens is 603 g/mol. The van der Waals surface area contributed by atoms with Crippen LogP contribution in [-0.4, -0.2) is 70.6 Å². The molecule has 0 saturated heterocycles. The third-order valence-electron chi connectivity index (χ3n) is 6.18. The highest BCUT2D eigenvalue weighted by molar-refractivity contribution is 5.76. The van der Waals surface area contributed by atoms with Crippen molar-refractivity contribution in [2.45, 2.75) is 50.4 Å². The van der Waals surface area contributed by atoms with Gasteiger partial charge < -0.3 is 24.1 Å². The lowest BCUT2D eigenvalue weighted by Crippen LogP contribution is -2.53. The highest BCUT2D eigenvalue weighted by atomic mass is 19.4. The summed E-state index contributed by atoms with van der Waals surface area (Å²) in [5.41, 5.74) is -0.440. The molecule has 0 aliphatic heterocycles. The second-order valence-corrected chi connectivity index (χ2v) is 9.00. The Morgan fingerprint density at radius 1 is 1.05 bits per heavy atom. The molecule has 9 nitrogen and oxygen atoms in total. The lowest BCUT2D eigenvalue weighted by Gasteiger charge is -2.34. The zero-order chi connectivity index (χ0) is 32.3. The number of ether oxygens (including phenoxy) is 2. The monoisotopic (exact) mass is 626 g/mol. The largest absolute Gasteiger partial charge is 0.494 e. The van der Waals surface area contributed by atoms with Gasteiger partial charge >= 0.3 is 24.6 Å². The van der Waals surface area contributed by atoms with Gasteiger partial charge in [0, 0.05) is 36.5 Å². The molecule has 0 saturated carbocycles. The van der Waals surface area contributed by atoms with Crippen LogP contribution in [0, 0.1) is 11.3 Å². The van der Waals surface area contributed by atoms with Crippen LogP contribution < -0.4 is 14.8 Å². The van der Waals surface area contributed by atoms with Crippen molar-refractivity contribution in [3.63, 3.8) is 0 Å². The number of hydrogen-bond donors (Lipinski definition) is 1. The SMILES string of the molecule is CCN(C(=O)NC(CCC(F)(F)F)C(F)(F)F)C(c1cc(-c2cc(OC)c3nc(C#N)cn3c2)c(OC)cn1)C(F)(F)F. The fraction of sp³-hybridized carbons (Fsp3) is 0.440. The first-order valence-electron chi connectivity index (χ1n) is 12.2. The van der Waals surface area contributed by atoms with Crippen LogP contribution in [-0.2, 0) is 0 Å². The Morgan fingerprint density at radius 3 is 2.21 bits per heavy atom. The van der Waals surface area contributed by atoms with Crippen LogP contribution in [0.3, 0.4) is 0 Å². The van der Waals surface area contributed by atoms with Crippen molar-refractivity contribution in [3.05, 3.63) is 42.1 Å². The van der Waals surface area contributed by atoms with Gasteiger partial charge in [-0.05, 0) is 25.5 Å². The number of amides is 2. The number of halogens is 9. The van der Waals surface area contributed by atoms with Crippen molar-refractivity contribution in [2.24, 2.45) is 0 Å². The number of alkyl halides is 9. The maximum atomic E-state index is 14.4. The molecule has 0 aliphatic carbocycles. The minimum atomic E-state index is -5.38. The molecule has 3 aromatic heterocycles. The lowest BCUT2D eigenvalue weighted by molar-refractivity contribution is -0.182. The fourth-order valence-electron chi connectivity index (χ4n) is 4.22. The Labute approximate surface area is 237 Å². The molecule has 0 aromatic carbocycles. The molecule has 3 heterocycles. The molecule has 0 spiro atoms. The van der Waals surface area contributed by atoms with Crippen LogP contribution in [0.2, 0.25) is 0 Å². The van der Waals surface area contributed by atoms with E-state index in [9.17, 15) is 49.6 Å². The summed E-state index contributed by atoms with van der Waals surface area (Å²) in [5, 5.41) is 10.4. The Morgan fingerprint density at radius 2 is 1.70 bits per heavy atom. The van der Waals surface area contributed by atoms with Crippen LogP contribution in [0.5, 0.6) is 11.5 Å². The van der Waals surface area contributed by atoms with E-state index in [2.05, 4.69) is 9.97 Å². The highest BCUT2D eigenvalue weighted by Crippen LogP contribution is 2.41.